The number of hydrogen-bond donors (Lipinski definition) is 1. The predicted octanol–water partition coefficient (Wildman–Crippen LogP) is 3.19. The van der Waals surface area contributed by atoms with Crippen LogP contribution >= 0.6 is 0 Å². The van der Waals surface area contributed by atoms with Crippen LogP contribution in [-0.4, -0.2) is 24.5 Å². The van der Waals surface area contributed by atoms with Gasteiger partial charge in [-0.1, -0.05) is 51.0 Å². The third-order valence-corrected chi connectivity index (χ3v) is 4.08. The van der Waals surface area contributed by atoms with E-state index in [4.69, 9.17) is 5.73 Å². The first kappa shape index (κ1) is 15.2. The van der Waals surface area contributed by atoms with Crippen molar-refractivity contribution < 1.29 is 0 Å². The summed E-state index contributed by atoms with van der Waals surface area (Å²) in [5.41, 5.74) is 8.75. The van der Waals surface area contributed by atoms with Gasteiger partial charge in [0.05, 0.1) is 0 Å². The Morgan fingerprint density at radius 2 is 1.78 bits per heavy atom. The molecule has 0 aliphatic heterocycles. The van der Waals surface area contributed by atoms with Crippen molar-refractivity contribution in [1.29, 1.82) is 0 Å². The molecule has 1 rings (SSSR count). The maximum absolute atomic E-state index is 5.98. The standard InChI is InChI=1S/C16H28N2/c1-5-14(6-2)16(11-17)18(4)12-15-10-8-7-9-13(15)3/h7-10,14,16H,5-6,11-12,17H2,1-4H3. The van der Waals surface area contributed by atoms with Crippen molar-refractivity contribution in [3.05, 3.63) is 35.4 Å². The van der Waals surface area contributed by atoms with Crippen molar-refractivity contribution in [2.45, 2.75) is 46.2 Å². The molecule has 1 unspecified atom stereocenters. The van der Waals surface area contributed by atoms with Crippen LogP contribution in [0, 0.1) is 12.8 Å². The molecule has 0 saturated carbocycles. The predicted molar refractivity (Wildman–Crippen MR) is 79.6 cm³/mol. The highest BCUT2D eigenvalue weighted by Crippen LogP contribution is 2.19. The van der Waals surface area contributed by atoms with E-state index in [1.165, 1.54) is 24.0 Å². The van der Waals surface area contributed by atoms with Crippen molar-refractivity contribution in [2.75, 3.05) is 13.6 Å². The Morgan fingerprint density at radius 1 is 1.17 bits per heavy atom. The average Bonchev–Trinajstić information content (AvgIpc) is 2.38. The molecule has 0 aliphatic carbocycles. The van der Waals surface area contributed by atoms with E-state index in [9.17, 15) is 0 Å². The van der Waals surface area contributed by atoms with Gasteiger partial charge in [0, 0.05) is 19.1 Å². The lowest BCUT2D eigenvalue weighted by Crippen LogP contribution is -2.42. The highest BCUT2D eigenvalue weighted by atomic mass is 15.1. The van der Waals surface area contributed by atoms with Crippen LogP contribution in [0.4, 0.5) is 0 Å². The van der Waals surface area contributed by atoms with E-state index < -0.39 is 0 Å². The van der Waals surface area contributed by atoms with Gasteiger partial charge in [-0.3, -0.25) is 4.90 Å². The van der Waals surface area contributed by atoms with Crippen molar-refractivity contribution in [3.63, 3.8) is 0 Å². The summed E-state index contributed by atoms with van der Waals surface area (Å²) in [6.45, 7) is 8.44. The van der Waals surface area contributed by atoms with E-state index in [0.29, 0.717) is 12.0 Å². The second-order valence-corrected chi connectivity index (χ2v) is 5.22. The number of aryl methyl sites for hydroxylation is 1. The smallest absolute Gasteiger partial charge is 0.0246 e. The summed E-state index contributed by atoms with van der Waals surface area (Å²) in [4.78, 5) is 2.42. The van der Waals surface area contributed by atoms with Crippen LogP contribution in [0.25, 0.3) is 0 Å². The first-order chi connectivity index (χ1) is 8.63. The topological polar surface area (TPSA) is 29.3 Å². The highest BCUT2D eigenvalue weighted by Gasteiger charge is 2.21. The molecule has 0 spiro atoms. The molecule has 0 fully saturated rings. The molecule has 0 saturated heterocycles. The molecule has 0 radical (unpaired) electrons. The molecule has 0 aliphatic rings. The van der Waals surface area contributed by atoms with Crippen LogP contribution in [0.3, 0.4) is 0 Å². The van der Waals surface area contributed by atoms with Gasteiger partial charge in [-0.25, -0.2) is 0 Å². The van der Waals surface area contributed by atoms with Crippen LogP contribution in [0.1, 0.15) is 37.8 Å². The number of rotatable bonds is 7. The minimum Gasteiger partial charge on any atom is -0.329 e. The molecular weight excluding hydrogens is 220 g/mol. The minimum atomic E-state index is 0.486. The fraction of sp³-hybridized carbons (Fsp3) is 0.625. The summed E-state index contributed by atoms with van der Waals surface area (Å²) in [7, 11) is 2.20. The van der Waals surface area contributed by atoms with E-state index >= 15 is 0 Å². The number of benzene rings is 1. The van der Waals surface area contributed by atoms with Gasteiger partial charge in [-0.05, 0) is 31.0 Å². The molecule has 1 aromatic rings. The molecule has 2 N–H and O–H groups in total. The Bertz CT molecular complexity index is 345. The van der Waals surface area contributed by atoms with Gasteiger partial charge in [-0.2, -0.15) is 0 Å². The maximum Gasteiger partial charge on any atom is 0.0246 e. The monoisotopic (exact) mass is 248 g/mol. The Morgan fingerprint density at radius 3 is 2.28 bits per heavy atom. The zero-order valence-corrected chi connectivity index (χ0v) is 12.3. The fourth-order valence-electron chi connectivity index (χ4n) is 2.74. The summed E-state index contributed by atoms with van der Waals surface area (Å²) >= 11 is 0. The van der Waals surface area contributed by atoms with E-state index in [0.717, 1.165) is 13.1 Å². The van der Waals surface area contributed by atoms with Crippen LogP contribution in [0.15, 0.2) is 24.3 Å². The van der Waals surface area contributed by atoms with Crippen LogP contribution in [0.5, 0.6) is 0 Å². The summed E-state index contributed by atoms with van der Waals surface area (Å²) < 4.78 is 0. The lowest BCUT2D eigenvalue weighted by Gasteiger charge is -2.33. The summed E-state index contributed by atoms with van der Waals surface area (Å²) in [5, 5.41) is 0. The summed E-state index contributed by atoms with van der Waals surface area (Å²) in [5.74, 6) is 0.698. The lowest BCUT2D eigenvalue weighted by atomic mass is 9.92. The Hall–Kier alpha value is -0.860. The first-order valence-corrected chi connectivity index (χ1v) is 7.08. The Kier molecular flexibility index (Phi) is 6.37. The third kappa shape index (κ3) is 3.82. The zero-order chi connectivity index (χ0) is 13.5. The van der Waals surface area contributed by atoms with Gasteiger partial charge < -0.3 is 5.73 Å². The van der Waals surface area contributed by atoms with Crippen LogP contribution in [0.2, 0.25) is 0 Å². The molecule has 0 bridgehead atoms. The molecule has 1 atom stereocenters. The number of likely N-dealkylation sites (N-methyl/N-ethyl adjacent to an activating group) is 1. The lowest BCUT2D eigenvalue weighted by molar-refractivity contribution is 0.165. The van der Waals surface area contributed by atoms with Gasteiger partial charge in [0.2, 0.25) is 0 Å². The van der Waals surface area contributed by atoms with E-state index in [2.05, 4.69) is 57.0 Å². The fourth-order valence-corrected chi connectivity index (χ4v) is 2.74. The van der Waals surface area contributed by atoms with Gasteiger partial charge in [0.1, 0.15) is 0 Å². The quantitative estimate of drug-likeness (QED) is 0.803. The number of nitrogens with zero attached hydrogens (tertiary/aromatic N) is 1. The van der Waals surface area contributed by atoms with Crippen LogP contribution in [-0.2, 0) is 6.54 Å². The molecule has 102 valence electrons. The Balaban J connectivity index is 2.73. The van der Waals surface area contributed by atoms with E-state index in [1.807, 2.05) is 0 Å². The van der Waals surface area contributed by atoms with Crippen molar-refractivity contribution in [1.82, 2.24) is 4.90 Å². The number of nitrogens with two attached hydrogens (primary N) is 1. The largest absolute Gasteiger partial charge is 0.329 e. The molecule has 2 heteroatoms. The molecule has 0 amide bonds. The zero-order valence-electron chi connectivity index (χ0n) is 12.3. The highest BCUT2D eigenvalue weighted by molar-refractivity contribution is 5.25. The third-order valence-electron chi connectivity index (χ3n) is 4.08. The Labute approximate surface area is 112 Å². The van der Waals surface area contributed by atoms with E-state index in [1.54, 1.807) is 0 Å². The number of hydrogen-bond acceptors (Lipinski definition) is 2. The van der Waals surface area contributed by atoms with Gasteiger partial charge in [-0.15, -0.1) is 0 Å². The van der Waals surface area contributed by atoms with E-state index in [-0.39, 0.29) is 0 Å². The minimum absolute atomic E-state index is 0.486. The normalized spacial score (nSPS) is 13.3. The molecular formula is C16H28N2. The average molecular weight is 248 g/mol. The second kappa shape index (κ2) is 7.55. The molecule has 2 nitrogen and oxygen atoms in total. The molecule has 0 aromatic heterocycles. The van der Waals surface area contributed by atoms with Gasteiger partial charge >= 0.3 is 0 Å². The maximum atomic E-state index is 5.98. The summed E-state index contributed by atoms with van der Waals surface area (Å²) in [6, 6.07) is 9.09. The SMILES string of the molecule is CCC(CC)C(CN)N(C)Cc1ccccc1C. The van der Waals surface area contributed by atoms with Crippen molar-refractivity contribution in [3.8, 4) is 0 Å². The molecule has 18 heavy (non-hydrogen) atoms. The van der Waals surface area contributed by atoms with Crippen LogP contribution < -0.4 is 5.73 Å². The van der Waals surface area contributed by atoms with Crippen molar-refractivity contribution >= 4 is 0 Å². The van der Waals surface area contributed by atoms with Gasteiger partial charge in [0.15, 0.2) is 0 Å². The molecule has 0 heterocycles. The van der Waals surface area contributed by atoms with Gasteiger partial charge in [0.25, 0.3) is 0 Å². The summed E-state index contributed by atoms with van der Waals surface area (Å²) in [6.07, 6.45) is 2.41. The second-order valence-electron chi connectivity index (χ2n) is 5.22. The molecule has 1 aromatic carbocycles. The van der Waals surface area contributed by atoms with Crippen molar-refractivity contribution in [2.24, 2.45) is 11.7 Å². The first-order valence-electron chi connectivity index (χ1n) is 7.08.